The minimum absolute atomic E-state index is 0.454. The molecule has 2 rings (SSSR count). The predicted molar refractivity (Wildman–Crippen MR) is 66.6 cm³/mol. The molecule has 0 bridgehead atoms. The molecule has 0 atom stereocenters. The highest BCUT2D eigenvalue weighted by molar-refractivity contribution is 7.99. The maximum absolute atomic E-state index is 8.53. The van der Waals surface area contributed by atoms with Gasteiger partial charge in [-0.3, -0.25) is 0 Å². The van der Waals surface area contributed by atoms with Gasteiger partial charge in [0.05, 0.1) is 11.8 Å². The van der Waals surface area contributed by atoms with Crippen LogP contribution in [-0.4, -0.2) is 15.3 Å². The Morgan fingerprint density at radius 3 is 3.25 bits per heavy atom. The first-order valence-corrected chi connectivity index (χ1v) is 6.80. The first-order chi connectivity index (χ1) is 7.90. The van der Waals surface area contributed by atoms with Crippen LogP contribution in [0.2, 0.25) is 0 Å². The molecule has 3 nitrogen and oxygen atoms in total. The van der Waals surface area contributed by atoms with E-state index in [1.54, 1.807) is 17.5 Å². The third-order valence-electron chi connectivity index (χ3n) is 2.12. The van der Waals surface area contributed by atoms with Crippen LogP contribution in [0.1, 0.15) is 4.88 Å². The van der Waals surface area contributed by atoms with Crippen LogP contribution < -0.4 is 0 Å². The molecule has 0 aliphatic heterocycles. The molecular weight excluding hydrogens is 238 g/mol. The van der Waals surface area contributed by atoms with Crippen LogP contribution in [0.15, 0.2) is 35.1 Å². The molecule has 0 amide bonds. The highest BCUT2D eigenvalue weighted by Gasteiger charge is 2.03. The molecule has 0 aromatic carbocycles. The zero-order valence-corrected chi connectivity index (χ0v) is 10.3. The molecule has 0 radical (unpaired) electrons. The lowest BCUT2D eigenvalue weighted by Gasteiger charge is -2.04. The molecule has 16 heavy (non-hydrogen) atoms. The van der Waals surface area contributed by atoms with Crippen LogP contribution in [0.4, 0.5) is 0 Å². The van der Waals surface area contributed by atoms with Gasteiger partial charge in [-0.15, -0.1) is 11.3 Å². The van der Waals surface area contributed by atoms with Crippen molar-refractivity contribution in [2.45, 2.75) is 18.1 Å². The van der Waals surface area contributed by atoms with Gasteiger partial charge in [0.1, 0.15) is 0 Å². The fourth-order valence-electron chi connectivity index (χ4n) is 1.39. The number of aromatic nitrogens is 2. The van der Waals surface area contributed by atoms with E-state index < -0.39 is 0 Å². The topological polar surface area (TPSA) is 41.6 Å². The Hall–Kier alpha value is -1.25. The van der Waals surface area contributed by atoms with E-state index in [-0.39, 0.29) is 0 Å². The third-order valence-corrected chi connectivity index (χ3v) is 3.93. The summed E-state index contributed by atoms with van der Waals surface area (Å²) in [6.07, 6.45) is 4.77. The van der Waals surface area contributed by atoms with Crippen molar-refractivity contribution >= 4 is 23.1 Å². The molecule has 0 aliphatic carbocycles. The fourth-order valence-corrected chi connectivity index (χ4v) is 2.73. The Morgan fingerprint density at radius 1 is 1.56 bits per heavy atom. The van der Waals surface area contributed by atoms with Gasteiger partial charge >= 0.3 is 0 Å². The van der Waals surface area contributed by atoms with Crippen molar-refractivity contribution in [3.63, 3.8) is 0 Å². The second kappa shape index (κ2) is 5.73. The lowest BCUT2D eigenvalue weighted by Crippen LogP contribution is -2.01. The number of hydrogen-bond acceptors (Lipinski definition) is 4. The molecule has 82 valence electrons. The van der Waals surface area contributed by atoms with Crippen molar-refractivity contribution in [3.8, 4) is 6.07 Å². The van der Waals surface area contributed by atoms with Gasteiger partial charge in [-0.2, -0.15) is 5.26 Å². The van der Waals surface area contributed by atoms with Crippen molar-refractivity contribution in [3.05, 3.63) is 34.8 Å². The standard InChI is InChI=1S/C11H11N3S2/c12-4-9-16-11-13-5-7-14(11)6-3-10-2-1-8-15-10/h1-2,5,7-8H,3,6,9H2. The van der Waals surface area contributed by atoms with Crippen molar-refractivity contribution in [2.24, 2.45) is 0 Å². The molecule has 2 heterocycles. The van der Waals surface area contributed by atoms with Gasteiger partial charge in [-0.25, -0.2) is 4.98 Å². The maximum atomic E-state index is 8.53. The number of hydrogen-bond donors (Lipinski definition) is 0. The zero-order valence-electron chi connectivity index (χ0n) is 8.67. The molecule has 0 aliphatic rings. The Morgan fingerprint density at radius 2 is 2.50 bits per heavy atom. The van der Waals surface area contributed by atoms with Crippen LogP contribution >= 0.6 is 23.1 Å². The normalized spacial score (nSPS) is 10.2. The predicted octanol–water partition coefficient (Wildman–Crippen LogP) is 2.80. The van der Waals surface area contributed by atoms with E-state index in [1.165, 1.54) is 16.6 Å². The summed E-state index contributed by atoms with van der Waals surface area (Å²) in [6, 6.07) is 6.33. The number of nitrogens with zero attached hydrogens (tertiary/aromatic N) is 3. The molecular formula is C11H11N3S2. The van der Waals surface area contributed by atoms with Gasteiger partial charge in [0, 0.05) is 23.8 Å². The first kappa shape index (κ1) is 11.2. The second-order valence-electron chi connectivity index (χ2n) is 3.18. The third kappa shape index (κ3) is 2.87. The van der Waals surface area contributed by atoms with Crippen molar-refractivity contribution in [1.29, 1.82) is 5.26 Å². The summed E-state index contributed by atoms with van der Waals surface area (Å²) in [5.74, 6) is 0.454. The van der Waals surface area contributed by atoms with E-state index in [4.69, 9.17) is 5.26 Å². The van der Waals surface area contributed by atoms with Crippen molar-refractivity contribution < 1.29 is 0 Å². The van der Waals surface area contributed by atoms with E-state index >= 15 is 0 Å². The number of rotatable bonds is 5. The molecule has 0 N–H and O–H groups in total. The quantitative estimate of drug-likeness (QED) is 0.765. The Kier molecular flexibility index (Phi) is 4.03. The average molecular weight is 249 g/mol. The number of imidazole rings is 1. The number of aryl methyl sites for hydroxylation is 2. The van der Waals surface area contributed by atoms with Gasteiger partial charge in [-0.1, -0.05) is 17.8 Å². The van der Waals surface area contributed by atoms with Gasteiger partial charge in [0.15, 0.2) is 5.16 Å². The SMILES string of the molecule is N#CCSc1nccn1CCc1cccs1. The average Bonchev–Trinajstić information content (AvgIpc) is 2.94. The molecule has 0 fully saturated rings. The number of thioether (sulfide) groups is 1. The highest BCUT2D eigenvalue weighted by Crippen LogP contribution is 2.16. The van der Waals surface area contributed by atoms with Crippen molar-refractivity contribution in [2.75, 3.05) is 5.75 Å². The van der Waals surface area contributed by atoms with E-state index in [9.17, 15) is 0 Å². The number of thiophene rings is 1. The van der Waals surface area contributed by atoms with Crippen LogP contribution in [0.3, 0.4) is 0 Å². The van der Waals surface area contributed by atoms with Gasteiger partial charge in [-0.05, 0) is 17.9 Å². The lowest BCUT2D eigenvalue weighted by molar-refractivity contribution is 0.638. The van der Waals surface area contributed by atoms with E-state index in [1.807, 2.05) is 6.20 Å². The highest BCUT2D eigenvalue weighted by atomic mass is 32.2. The summed E-state index contributed by atoms with van der Waals surface area (Å²) in [4.78, 5) is 5.61. The van der Waals surface area contributed by atoms with Gasteiger partial charge in [0.25, 0.3) is 0 Å². The van der Waals surface area contributed by atoms with Crippen LogP contribution in [0.25, 0.3) is 0 Å². The largest absolute Gasteiger partial charge is 0.326 e. The van der Waals surface area contributed by atoms with Crippen LogP contribution in [-0.2, 0) is 13.0 Å². The van der Waals surface area contributed by atoms with Crippen LogP contribution in [0.5, 0.6) is 0 Å². The Labute approximate surface area is 103 Å². The molecule has 0 spiro atoms. The summed E-state index contributed by atoms with van der Waals surface area (Å²) in [5, 5.41) is 11.6. The molecule has 0 saturated carbocycles. The maximum Gasteiger partial charge on any atom is 0.168 e. The molecule has 2 aromatic rings. The van der Waals surface area contributed by atoms with Crippen LogP contribution in [0, 0.1) is 11.3 Å². The monoisotopic (exact) mass is 249 g/mol. The smallest absolute Gasteiger partial charge is 0.168 e. The van der Waals surface area contributed by atoms with E-state index in [0.717, 1.165) is 18.1 Å². The zero-order chi connectivity index (χ0) is 11.2. The Balaban J connectivity index is 1.94. The second-order valence-corrected chi connectivity index (χ2v) is 5.15. The molecule has 2 aromatic heterocycles. The summed E-state index contributed by atoms with van der Waals surface area (Å²) in [7, 11) is 0. The molecule has 5 heteroatoms. The minimum Gasteiger partial charge on any atom is -0.326 e. The van der Waals surface area contributed by atoms with Gasteiger partial charge < -0.3 is 4.57 Å². The van der Waals surface area contributed by atoms with E-state index in [0.29, 0.717) is 5.75 Å². The number of nitriles is 1. The minimum atomic E-state index is 0.454. The fraction of sp³-hybridized carbons (Fsp3) is 0.273. The first-order valence-electron chi connectivity index (χ1n) is 4.93. The molecule has 0 unspecified atom stereocenters. The van der Waals surface area contributed by atoms with E-state index in [2.05, 4.69) is 33.1 Å². The summed E-state index contributed by atoms with van der Waals surface area (Å²) < 4.78 is 2.10. The molecule has 0 saturated heterocycles. The summed E-state index contributed by atoms with van der Waals surface area (Å²) in [5.41, 5.74) is 0. The van der Waals surface area contributed by atoms with Gasteiger partial charge in [0.2, 0.25) is 0 Å². The lowest BCUT2D eigenvalue weighted by atomic mass is 10.3. The summed E-state index contributed by atoms with van der Waals surface area (Å²) in [6.45, 7) is 0.925. The van der Waals surface area contributed by atoms with Crippen molar-refractivity contribution in [1.82, 2.24) is 9.55 Å². The Bertz CT molecular complexity index is 468. The summed E-state index contributed by atoms with van der Waals surface area (Å²) >= 11 is 3.26.